The predicted molar refractivity (Wildman–Crippen MR) is 95.6 cm³/mol. The SMILES string of the molecule is COc1ccc(C(O)C(C#N)c2ccccc2)cc1OC1CCCC1. The number of methoxy groups -OCH3 is 1. The maximum Gasteiger partial charge on any atom is 0.161 e. The lowest BCUT2D eigenvalue weighted by atomic mass is 9.90. The van der Waals surface area contributed by atoms with Crippen molar-refractivity contribution in [2.75, 3.05) is 7.11 Å². The maximum absolute atomic E-state index is 10.8. The molecule has 2 unspecified atom stereocenters. The molecular formula is C21H23NO3. The zero-order valence-electron chi connectivity index (χ0n) is 14.4. The lowest BCUT2D eigenvalue weighted by molar-refractivity contribution is 0.161. The molecule has 4 nitrogen and oxygen atoms in total. The average Bonchev–Trinajstić information content (AvgIpc) is 3.16. The van der Waals surface area contributed by atoms with E-state index in [2.05, 4.69) is 6.07 Å². The Morgan fingerprint density at radius 1 is 1.04 bits per heavy atom. The van der Waals surface area contributed by atoms with E-state index in [-0.39, 0.29) is 6.10 Å². The Hall–Kier alpha value is -2.51. The largest absolute Gasteiger partial charge is 0.493 e. The molecule has 1 fully saturated rings. The van der Waals surface area contributed by atoms with Crippen LogP contribution in [-0.4, -0.2) is 18.3 Å². The first-order valence-corrected chi connectivity index (χ1v) is 8.70. The number of nitrogens with zero attached hydrogens (tertiary/aromatic N) is 1. The summed E-state index contributed by atoms with van der Waals surface area (Å²) in [6, 6.07) is 16.9. The van der Waals surface area contributed by atoms with Gasteiger partial charge in [0.15, 0.2) is 11.5 Å². The number of ether oxygens (including phenoxy) is 2. The Balaban J connectivity index is 1.86. The molecule has 1 N–H and O–H groups in total. The molecule has 0 spiro atoms. The van der Waals surface area contributed by atoms with Gasteiger partial charge >= 0.3 is 0 Å². The summed E-state index contributed by atoms with van der Waals surface area (Å²) in [6.45, 7) is 0. The molecule has 0 amide bonds. The van der Waals surface area contributed by atoms with Crippen molar-refractivity contribution in [3.8, 4) is 17.6 Å². The van der Waals surface area contributed by atoms with Gasteiger partial charge in [0.25, 0.3) is 0 Å². The Kier molecular flexibility index (Phi) is 5.57. The minimum absolute atomic E-state index is 0.196. The van der Waals surface area contributed by atoms with Crippen molar-refractivity contribution in [3.63, 3.8) is 0 Å². The monoisotopic (exact) mass is 337 g/mol. The third-order valence-electron chi connectivity index (χ3n) is 4.74. The second-order valence-electron chi connectivity index (χ2n) is 6.40. The second-order valence-corrected chi connectivity index (χ2v) is 6.40. The summed E-state index contributed by atoms with van der Waals surface area (Å²) in [5.41, 5.74) is 1.45. The van der Waals surface area contributed by atoms with E-state index in [9.17, 15) is 10.4 Å². The summed E-state index contributed by atoms with van der Waals surface area (Å²) in [6.07, 6.45) is 3.72. The molecule has 1 aliphatic carbocycles. The van der Waals surface area contributed by atoms with Gasteiger partial charge in [-0.2, -0.15) is 5.26 Å². The molecule has 0 bridgehead atoms. The van der Waals surface area contributed by atoms with E-state index in [1.54, 1.807) is 25.3 Å². The molecule has 2 aromatic carbocycles. The van der Waals surface area contributed by atoms with Crippen LogP contribution in [0, 0.1) is 11.3 Å². The van der Waals surface area contributed by atoms with Crippen molar-refractivity contribution in [3.05, 3.63) is 59.7 Å². The fourth-order valence-corrected chi connectivity index (χ4v) is 3.34. The van der Waals surface area contributed by atoms with Gasteiger partial charge in [-0.3, -0.25) is 0 Å². The first-order valence-electron chi connectivity index (χ1n) is 8.70. The second kappa shape index (κ2) is 8.04. The van der Waals surface area contributed by atoms with Gasteiger partial charge in [-0.1, -0.05) is 36.4 Å². The summed E-state index contributed by atoms with van der Waals surface area (Å²) >= 11 is 0. The molecule has 3 rings (SSSR count). The quantitative estimate of drug-likeness (QED) is 0.851. The first-order chi connectivity index (χ1) is 12.2. The summed E-state index contributed by atoms with van der Waals surface area (Å²) in [7, 11) is 1.61. The van der Waals surface area contributed by atoms with Gasteiger partial charge in [-0.05, 0) is 48.9 Å². The summed E-state index contributed by atoms with van der Waals surface area (Å²) in [4.78, 5) is 0. The van der Waals surface area contributed by atoms with Crippen LogP contribution in [0.25, 0.3) is 0 Å². The van der Waals surface area contributed by atoms with Crippen LogP contribution >= 0.6 is 0 Å². The summed E-state index contributed by atoms with van der Waals surface area (Å²) in [5.74, 6) is 0.653. The standard InChI is InChI=1S/C21H23NO3/c1-24-19-12-11-16(13-20(19)25-17-9-5-6-10-17)21(23)18(14-22)15-7-3-2-4-8-15/h2-4,7-8,11-13,17-18,21,23H,5-6,9-10H2,1H3. The molecule has 0 aromatic heterocycles. The normalized spacial score (nSPS) is 16.8. The van der Waals surface area contributed by atoms with Crippen LogP contribution in [0.3, 0.4) is 0 Å². The molecule has 2 aromatic rings. The Morgan fingerprint density at radius 2 is 1.76 bits per heavy atom. The van der Waals surface area contributed by atoms with Gasteiger partial charge in [-0.25, -0.2) is 0 Å². The molecule has 1 saturated carbocycles. The number of rotatable bonds is 6. The van der Waals surface area contributed by atoms with E-state index in [1.165, 1.54) is 12.8 Å². The third-order valence-corrected chi connectivity index (χ3v) is 4.74. The van der Waals surface area contributed by atoms with Gasteiger partial charge in [0.1, 0.15) is 5.92 Å². The van der Waals surface area contributed by atoms with E-state index in [1.807, 2.05) is 30.3 Å². The average molecular weight is 337 g/mol. The number of aliphatic hydroxyl groups is 1. The Bertz CT molecular complexity index is 733. The molecule has 0 heterocycles. The predicted octanol–water partition coefficient (Wildman–Crippen LogP) is 4.36. The molecule has 0 aliphatic heterocycles. The third kappa shape index (κ3) is 3.94. The number of aliphatic hydroxyl groups excluding tert-OH is 1. The number of nitriles is 1. The van der Waals surface area contributed by atoms with Crippen molar-refractivity contribution in [2.24, 2.45) is 0 Å². The highest BCUT2D eigenvalue weighted by molar-refractivity contribution is 5.45. The molecule has 0 radical (unpaired) electrons. The number of hydrogen-bond donors (Lipinski definition) is 1. The van der Waals surface area contributed by atoms with Crippen LogP contribution in [-0.2, 0) is 0 Å². The lowest BCUT2D eigenvalue weighted by Crippen LogP contribution is -2.13. The number of hydrogen-bond acceptors (Lipinski definition) is 4. The maximum atomic E-state index is 10.8. The highest BCUT2D eigenvalue weighted by Crippen LogP contribution is 2.37. The van der Waals surface area contributed by atoms with Crippen molar-refractivity contribution in [1.29, 1.82) is 5.26 Å². The Labute approximate surface area is 148 Å². The molecule has 2 atom stereocenters. The fourth-order valence-electron chi connectivity index (χ4n) is 3.34. The minimum Gasteiger partial charge on any atom is -0.493 e. The summed E-state index contributed by atoms with van der Waals surface area (Å²) in [5, 5.41) is 20.3. The Morgan fingerprint density at radius 3 is 2.40 bits per heavy atom. The smallest absolute Gasteiger partial charge is 0.161 e. The van der Waals surface area contributed by atoms with E-state index in [4.69, 9.17) is 9.47 Å². The van der Waals surface area contributed by atoms with E-state index in [0.717, 1.165) is 18.4 Å². The van der Waals surface area contributed by atoms with Gasteiger partial charge in [-0.15, -0.1) is 0 Å². The molecule has 130 valence electrons. The van der Waals surface area contributed by atoms with Crippen molar-refractivity contribution >= 4 is 0 Å². The van der Waals surface area contributed by atoms with E-state index >= 15 is 0 Å². The van der Waals surface area contributed by atoms with Crippen LogP contribution in [0.15, 0.2) is 48.5 Å². The van der Waals surface area contributed by atoms with Crippen LogP contribution in [0.4, 0.5) is 0 Å². The number of benzene rings is 2. The van der Waals surface area contributed by atoms with E-state index < -0.39 is 12.0 Å². The zero-order valence-corrected chi connectivity index (χ0v) is 14.4. The molecule has 1 aliphatic rings. The van der Waals surface area contributed by atoms with E-state index in [0.29, 0.717) is 17.1 Å². The van der Waals surface area contributed by atoms with Gasteiger partial charge in [0, 0.05) is 0 Å². The topological polar surface area (TPSA) is 62.5 Å². The van der Waals surface area contributed by atoms with Crippen LogP contribution in [0.1, 0.15) is 48.8 Å². The first kappa shape index (κ1) is 17.3. The van der Waals surface area contributed by atoms with Crippen molar-refractivity contribution in [1.82, 2.24) is 0 Å². The van der Waals surface area contributed by atoms with Crippen molar-refractivity contribution < 1.29 is 14.6 Å². The van der Waals surface area contributed by atoms with Crippen LogP contribution < -0.4 is 9.47 Å². The zero-order chi connectivity index (χ0) is 17.6. The molecule has 25 heavy (non-hydrogen) atoms. The van der Waals surface area contributed by atoms with Crippen LogP contribution in [0.2, 0.25) is 0 Å². The molecule has 4 heteroatoms. The summed E-state index contributed by atoms with van der Waals surface area (Å²) < 4.78 is 11.5. The van der Waals surface area contributed by atoms with Gasteiger partial charge in [0.2, 0.25) is 0 Å². The van der Waals surface area contributed by atoms with Crippen molar-refractivity contribution in [2.45, 2.75) is 43.8 Å². The molecule has 0 saturated heterocycles. The highest BCUT2D eigenvalue weighted by atomic mass is 16.5. The van der Waals surface area contributed by atoms with Gasteiger partial charge in [0.05, 0.1) is 25.4 Å². The van der Waals surface area contributed by atoms with Crippen LogP contribution in [0.5, 0.6) is 11.5 Å². The lowest BCUT2D eigenvalue weighted by Gasteiger charge is -2.21. The molecular weight excluding hydrogens is 314 g/mol. The van der Waals surface area contributed by atoms with Gasteiger partial charge < -0.3 is 14.6 Å². The fraction of sp³-hybridized carbons (Fsp3) is 0.381. The minimum atomic E-state index is -0.927. The highest BCUT2D eigenvalue weighted by Gasteiger charge is 2.25.